The Hall–Kier alpha value is -1.32. The number of sulfonamides is 1. The fourth-order valence-corrected chi connectivity index (χ4v) is 4.00. The fourth-order valence-electron chi connectivity index (χ4n) is 2.46. The van der Waals surface area contributed by atoms with Crippen molar-refractivity contribution in [1.29, 1.82) is 0 Å². The number of anilines is 2. The average Bonchev–Trinajstić information content (AvgIpc) is 2.55. The molecule has 5 nitrogen and oxygen atoms in total. The maximum atomic E-state index is 12.2. The molecule has 2 rings (SSSR count). The third-order valence-corrected chi connectivity index (χ3v) is 5.87. The van der Waals surface area contributed by atoms with Crippen LogP contribution in [-0.4, -0.2) is 27.1 Å². The molecule has 1 amide bonds. The number of nitrogens with zero attached hydrogens (tertiary/aromatic N) is 1. The topological polar surface area (TPSA) is 66.5 Å². The molecule has 0 spiro atoms. The molecule has 0 unspecified atom stereocenters. The molecule has 0 aliphatic carbocycles. The minimum Gasteiger partial charge on any atom is -0.326 e. The Kier molecular flexibility index (Phi) is 7.31. The second kappa shape index (κ2) is 9.05. The van der Waals surface area contributed by atoms with Crippen molar-refractivity contribution < 1.29 is 13.2 Å². The van der Waals surface area contributed by atoms with Crippen molar-refractivity contribution in [2.45, 2.75) is 19.8 Å². The maximum Gasteiger partial charge on any atom is 0.232 e. The molecular formula is C18H20ClIN2O3S. The molecule has 0 heterocycles. The van der Waals surface area contributed by atoms with Crippen molar-refractivity contribution in [2.24, 2.45) is 0 Å². The van der Waals surface area contributed by atoms with Crippen LogP contribution in [-0.2, 0) is 14.8 Å². The zero-order valence-electron chi connectivity index (χ0n) is 14.5. The van der Waals surface area contributed by atoms with E-state index in [2.05, 4.69) is 27.9 Å². The quantitative estimate of drug-likeness (QED) is 0.565. The van der Waals surface area contributed by atoms with Gasteiger partial charge in [-0.15, -0.1) is 0 Å². The van der Waals surface area contributed by atoms with Gasteiger partial charge in [0.05, 0.1) is 11.9 Å². The lowest BCUT2D eigenvalue weighted by Crippen LogP contribution is -2.32. The summed E-state index contributed by atoms with van der Waals surface area (Å²) in [5.41, 5.74) is 2.07. The Labute approximate surface area is 172 Å². The Morgan fingerprint density at radius 3 is 2.46 bits per heavy atom. The normalized spacial score (nSPS) is 11.2. The van der Waals surface area contributed by atoms with Crippen molar-refractivity contribution in [2.75, 3.05) is 22.4 Å². The van der Waals surface area contributed by atoms with Gasteiger partial charge in [0.25, 0.3) is 0 Å². The molecule has 0 fully saturated rings. The molecular weight excluding hydrogens is 487 g/mol. The summed E-state index contributed by atoms with van der Waals surface area (Å²) in [6.45, 7) is 2.04. The van der Waals surface area contributed by atoms with E-state index in [-0.39, 0.29) is 18.9 Å². The summed E-state index contributed by atoms with van der Waals surface area (Å²) in [6, 6.07) is 12.6. The molecule has 0 aliphatic rings. The molecule has 0 aromatic heterocycles. The van der Waals surface area contributed by atoms with Crippen molar-refractivity contribution in [3.63, 3.8) is 0 Å². The number of halogens is 2. The Morgan fingerprint density at radius 2 is 1.85 bits per heavy atom. The van der Waals surface area contributed by atoms with E-state index in [0.717, 1.165) is 21.1 Å². The van der Waals surface area contributed by atoms with Gasteiger partial charge < -0.3 is 5.32 Å². The van der Waals surface area contributed by atoms with Gasteiger partial charge in [0.15, 0.2) is 0 Å². The van der Waals surface area contributed by atoms with E-state index in [1.807, 2.05) is 31.2 Å². The molecule has 0 radical (unpaired) electrons. The van der Waals surface area contributed by atoms with Crippen LogP contribution in [0.3, 0.4) is 0 Å². The summed E-state index contributed by atoms with van der Waals surface area (Å²) in [6.07, 6.45) is 1.77. The lowest BCUT2D eigenvalue weighted by Gasteiger charge is -2.24. The molecule has 2 aromatic carbocycles. The molecule has 2 aromatic rings. The highest BCUT2D eigenvalue weighted by atomic mass is 127. The van der Waals surface area contributed by atoms with Crippen molar-refractivity contribution in [1.82, 2.24) is 0 Å². The number of carbonyl (C=O) groups is 1. The number of aryl methyl sites for hydroxylation is 1. The monoisotopic (exact) mass is 506 g/mol. The lowest BCUT2D eigenvalue weighted by molar-refractivity contribution is -0.116. The van der Waals surface area contributed by atoms with E-state index in [4.69, 9.17) is 11.6 Å². The van der Waals surface area contributed by atoms with Crippen LogP contribution in [0.15, 0.2) is 42.5 Å². The highest BCUT2D eigenvalue weighted by Gasteiger charge is 2.19. The molecule has 0 atom stereocenters. The van der Waals surface area contributed by atoms with E-state index in [1.54, 1.807) is 18.2 Å². The minimum atomic E-state index is -3.48. The molecule has 0 aliphatic heterocycles. The van der Waals surface area contributed by atoms with Crippen LogP contribution in [0, 0.1) is 10.5 Å². The zero-order chi connectivity index (χ0) is 19.3. The predicted octanol–water partition coefficient (Wildman–Crippen LogP) is 4.44. The van der Waals surface area contributed by atoms with Gasteiger partial charge in [-0.1, -0.05) is 17.7 Å². The smallest absolute Gasteiger partial charge is 0.232 e. The molecule has 1 N–H and O–H groups in total. The van der Waals surface area contributed by atoms with Crippen LogP contribution in [0.1, 0.15) is 18.4 Å². The summed E-state index contributed by atoms with van der Waals surface area (Å²) in [4.78, 5) is 12.1. The van der Waals surface area contributed by atoms with Gasteiger partial charge in [-0.25, -0.2) is 8.42 Å². The van der Waals surface area contributed by atoms with Crippen LogP contribution < -0.4 is 9.62 Å². The lowest BCUT2D eigenvalue weighted by atomic mass is 10.2. The van der Waals surface area contributed by atoms with Crippen LogP contribution >= 0.6 is 34.2 Å². The minimum absolute atomic E-state index is 0.150. The second-order valence-electron chi connectivity index (χ2n) is 5.92. The first-order chi connectivity index (χ1) is 12.2. The first-order valence-electron chi connectivity index (χ1n) is 7.96. The van der Waals surface area contributed by atoms with Gasteiger partial charge in [0.2, 0.25) is 15.9 Å². The van der Waals surface area contributed by atoms with Gasteiger partial charge in [-0.3, -0.25) is 9.10 Å². The predicted molar refractivity (Wildman–Crippen MR) is 115 cm³/mol. The van der Waals surface area contributed by atoms with Crippen LogP contribution in [0.25, 0.3) is 0 Å². The number of hydrogen-bond donors (Lipinski definition) is 1. The summed E-state index contributed by atoms with van der Waals surface area (Å²) >= 11 is 8.20. The number of hydrogen-bond acceptors (Lipinski definition) is 3. The second-order valence-corrected chi connectivity index (χ2v) is 9.51. The molecule has 0 saturated heterocycles. The number of nitrogens with one attached hydrogen (secondary N) is 1. The van der Waals surface area contributed by atoms with Crippen LogP contribution in [0.5, 0.6) is 0 Å². The number of benzene rings is 2. The van der Waals surface area contributed by atoms with Crippen LogP contribution in [0.4, 0.5) is 11.4 Å². The van der Waals surface area contributed by atoms with Crippen molar-refractivity contribution >= 4 is 61.5 Å². The summed E-state index contributed by atoms with van der Waals surface area (Å²) in [7, 11) is -3.48. The Morgan fingerprint density at radius 1 is 1.19 bits per heavy atom. The number of amides is 1. The molecule has 0 bridgehead atoms. The van der Waals surface area contributed by atoms with E-state index in [0.29, 0.717) is 17.1 Å². The Balaban J connectivity index is 2.01. The largest absolute Gasteiger partial charge is 0.326 e. The summed E-state index contributed by atoms with van der Waals surface area (Å²) in [5, 5.41) is 3.28. The summed E-state index contributed by atoms with van der Waals surface area (Å²) < 4.78 is 26.7. The average molecular weight is 507 g/mol. The molecule has 140 valence electrons. The van der Waals surface area contributed by atoms with Crippen molar-refractivity contribution in [3.05, 3.63) is 56.6 Å². The number of rotatable bonds is 7. The van der Waals surface area contributed by atoms with Gasteiger partial charge >= 0.3 is 0 Å². The van der Waals surface area contributed by atoms with Gasteiger partial charge in [0, 0.05) is 27.2 Å². The molecule has 8 heteroatoms. The van der Waals surface area contributed by atoms with Gasteiger partial charge in [-0.2, -0.15) is 0 Å². The highest BCUT2D eigenvalue weighted by Crippen LogP contribution is 2.26. The van der Waals surface area contributed by atoms with E-state index in [9.17, 15) is 13.2 Å². The fraction of sp³-hybridized carbons (Fsp3) is 0.278. The third kappa shape index (κ3) is 6.14. The van der Waals surface area contributed by atoms with E-state index >= 15 is 0 Å². The first-order valence-corrected chi connectivity index (χ1v) is 11.3. The van der Waals surface area contributed by atoms with Crippen molar-refractivity contribution in [3.8, 4) is 0 Å². The highest BCUT2D eigenvalue weighted by molar-refractivity contribution is 14.1. The molecule has 26 heavy (non-hydrogen) atoms. The van der Waals surface area contributed by atoms with E-state index < -0.39 is 10.0 Å². The first kappa shape index (κ1) is 21.0. The Bertz CT molecular complexity index is 886. The van der Waals surface area contributed by atoms with E-state index in [1.165, 1.54) is 4.31 Å². The zero-order valence-corrected chi connectivity index (χ0v) is 18.2. The maximum absolute atomic E-state index is 12.2. The summed E-state index contributed by atoms with van der Waals surface area (Å²) in [5.74, 6) is -0.150. The van der Waals surface area contributed by atoms with Crippen LogP contribution in [0.2, 0.25) is 5.02 Å². The standard InChI is InChI=1S/C18H20ClIN2O3S/c1-13-5-6-14(19)12-17(13)22(26(2,24)25)11-3-4-18(23)21-16-9-7-15(20)8-10-16/h5-10,12H,3-4,11H2,1-2H3,(H,21,23). The van der Waals surface area contributed by atoms with Gasteiger partial charge in [0.1, 0.15) is 0 Å². The third-order valence-electron chi connectivity index (χ3n) is 3.73. The SMILES string of the molecule is Cc1ccc(Cl)cc1N(CCCC(=O)Nc1ccc(I)cc1)S(C)(=O)=O. The number of carbonyl (C=O) groups excluding carboxylic acids is 1. The van der Waals surface area contributed by atoms with Gasteiger partial charge in [-0.05, 0) is 77.9 Å². The molecule has 0 saturated carbocycles.